The van der Waals surface area contributed by atoms with E-state index in [1.54, 1.807) is 18.6 Å². The van der Waals surface area contributed by atoms with Crippen molar-refractivity contribution in [2.75, 3.05) is 23.3 Å². The number of rotatable bonds is 3. The molecule has 0 bridgehead atoms. The van der Waals surface area contributed by atoms with Gasteiger partial charge in [-0.15, -0.1) is 0 Å². The SMILES string of the molecule is O[C@@H]1C[C@H]2CN(c3ccc(C(F)(F)F)cn3)C[C@H]2C[C@H]1Nc1cnccn1. The van der Waals surface area contributed by atoms with E-state index in [2.05, 4.69) is 20.3 Å². The van der Waals surface area contributed by atoms with E-state index in [0.717, 1.165) is 18.7 Å². The maximum atomic E-state index is 12.7. The topological polar surface area (TPSA) is 74.2 Å². The van der Waals surface area contributed by atoms with Gasteiger partial charge < -0.3 is 15.3 Å². The standard InChI is InChI=1S/C18H20F3N5O/c19-18(20,21)13-1-2-17(24-7-13)26-9-11-5-14(15(27)6-12(11)10-26)25-16-8-22-3-4-23-16/h1-4,7-8,11-12,14-15,27H,5-6,9-10H2,(H,23,25)/t11-,12+,14-,15-/m1/s1. The Morgan fingerprint density at radius 1 is 1.04 bits per heavy atom. The van der Waals surface area contributed by atoms with Crippen molar-refractivity contribution in [2.45, 2.75) is 31.2 Å². The molecule has 0 amide bonds. The molecule has 2 fully saturated rings. The van der Waals surface area contributed by atoms with Gasteiger partial charge in [0.2, 0.25) is 0 Å². The molecule has 2 aromatic rings. The van der Waals surface area contributed by atoms with Crippen LogP contribution < -0.4 is 10.2 Å². The molecule has 144 valence electrons. The summed E-state index contributed by atoms with van der Waals surface area (Å²) in [5, 5.41) is 13.7. The molecule has 0 radical (unpaired) electrons. The number of fused-ring (bicyclic) bond motifs is 1. The maximum absolute atomic E-state index is 12.7. The number of nitrogens with zero attached hydrogens (tertiary/aromatic N) is 4. The van der Waals surface area contributed by atoms with Crippen LogP contribution in [0.3, 0.4) is 0 Å². The predicted molar refractivity (Wildman–Crippen MR) is 93.1 cm³/mol. The number of aromatic nitrogens is 3. The Balaban J connectivity index is 1.42. The minimum Gasteiger partial charge on any atom is -0.391 e. The first-order valence-electron chi connectivity index (χ1n) is 8.89. The first-order valence-corrected chi connectivity index (χ1v) is 8.89. The molecule has 1 saturated carbocycles. The fourth-order valence-electron chi connectivity index (χ4n) is 4.08. The lowest BCUT2D eigenvalue weighted by Gasteiger charge is -2.35. The van der Waals surface area contributed by atoms with E-state index in [0.29, 0.717) is 43.0 Å². The van der Waals surface area contributed by atoms with Gasteiger partial charge >= 0.3 is 6.18 Å². The maximum Gasteiger partial charge on any atom is 0.417 e. The van der Waals surface area contributed by atoms with Gasteiger partial charge in [-0.2, -0.15) is 13.2 Å². The monoisotopic (exact) mass is 379 g/mol. The third kappa shape index (κ3) is 3.83. The third-order valence-electron chi connectivity index (χ3n) is 5.44. The molecular weight excluding hydrogens is 359 g/mol. The van der Waals surface area contributed by atoms with Crippen molar-refractivity contribution in [1.29, 1.82) is 0 Å². The molecule has 0 unspecified atom stereocenters. The second-order valence-corrected chi connectivity index (χ2v) is 7.21. The molecule has 3 heterocycles. The lowest BCUT2D eigenvalue weighted by atomic mass is 9.77. The highest BCUT2D eigenvalue weighted by Gasteiger charge is 2.42. The summed E-state index contributed by atoms with van der Waals surface area (Å²) >= 11 is 0. The number of hydrogen-bond donors (Lipinski definition) is 2. The Labute approximate surface area is 154 Å². The molecule has 27 heavy (non-hydrogen) atoms. The summed E-state index contributed by atoms with van der Waals surface area (Å²) in [6.07, 6.45) is 2.19. The summed E-state index contributed by atoms with van der Waals surface area (Å²) in [7, 11) is 0. The lowest BCUT2D eigenvalue weighted by Crippen LogP contribution is -2.43. The molecular formula is C18H20F3N5O. The number of hydrogen-bond acceptors (Lipinski definition) is 6. The molecule has 0 aromatic carbocycles. The lowest BCUT2D eigenvalue weighted by molar-refractivity contribution is -0.137. The Kier molecular flexibility index (Phi) is 4.63. The largest absolute Gasteiger partial charge is 0.417 e. The van der Waals surface area contributed by atoms with E-state index in [1.807, 2.05) is 4.90 Å². The van der Waals surface area contributed by atoms with Crippen molar-refractivity contribution in [3.8, 4) is 0 Å². The molecule has 2 aromatic heterocycles. The first kappa shape index (κ1) is 18.0. The number of alkyl halides is 3. The van der Waals surface area contributed by atoms with Crippen LogP contribution in [-0.2, 0) is 6.18 Å². The van der Waals surface area contributed by atoms with Crippen LogP contribution in [0.5, 0.6) is 0 Å². The summed E-state index contributed by atoms with van der Waals surface area (Å²) in [5.41, 5.74) is -0.744. The molecule has 1 saturated heterocycles. The van der Waals surface area contributed by atoms with Crippen molar-refractivity contribution in [1.82, 2.24) is 15.0 Å². The van der Waals surface area contributed by atoms with E-state index in [9.17, 15) is 18.3 Å². The summed E-state index contributed by atoms with van der Waals surface area (Å²) in [6, 6.07) is 2.37. The van der Waals surface area contributed by atoms with Crippen LogP contribution in [0.2, 0.25) is 0 Å². The average molecular weight is 379 g/mol. The third-order valence-corrected chi connectivity index (χ3v) is 5.44. The second-order valence-electron chi connectivity index (χ2n) is 7.21. The fourth-order valence-corrected chi connectivity index (χ4v) is 4.08. The van der Waals surface area contributed by atoms with Crippen LogP contribution in [0.25, 0.3) is 0 Å². The number of anilines is 2. The van der Waals surface area contributed by atoms with Crippen molar-refractivity contribution in [3.05, 3.63) is 42.5 Å². The minimum absolute atomic E-state index is 0.122. The smallest absolute Gasteiger partial charge is 0.391 e. The van der Waals surface area contributed by atoms with Crippen LogP contribution in [-0.4, -0.2) is 45.3 Å². The van der Waals surface area contributed by atoms with Gasteiger partial charge in [0.05, 0.1) is 23.9 Å². The van der Waals surface area contributed by atoms with Gasteiger partial charge in [0, 0.05) is 31.7 Å². The summed E-state index contributed by atoms with van der Waals surface area (Å²) in [5.74, 6) is 1.81. The van der Waals surface area contributed by atoms with E-state index in [-0.39, 0.29) is 6.04 Å². The van der Waals surface area contributed by atoms with Gasteiger partial charge in [-0.25, -0.2) is 9.97 Å². The number of halogens is 3. The second kappa shape index (κ2) is 6.95. The number of aliphatic hydroxyl groups is 1. The molecule has 0 spiro atoms. The van der Waals surface area contributed by atoms with Crippen LogP contribution >= 0.6 is 0 Å². The molecule has 1 aliphatic heterocycles. The number of nitrogens with one attached hydrogen (secondary N) is 1. The number of aliphatic hydroxyl groups excluding tert-OH is 1. The first-order chi connectivity index (χ1) is 12.9. The zero-order chi connectivity index (χ0) is 19.0. The van der Waals surface area contributed by atoms with E-state index in [4.69, 9.17) is 0 Å². The zero-order valence-electron chi connectivity index (χ0n) is 14.5. The van der Waals surface area contributed by atoms with Crippen molar-refractivity contribution in [2.24, 2.45) is 11.8 Å². The molecule has 4 rings (SSSR count). The van der Waals surface area contributed by atoms with Crippen molar-refractivity contribution >= 4 is 11.6 Å². The molecule has 2 N–H and O–H groups in total. The minimum atomic E-state index is -4.38. The van der Waals surface area contributed by atoms with Gasteiger partial charge in [0.1, 0.15) is 11.6 Å². The number of pyridine rings is 1. The van der Waals surface area contributed by atoms with Gasteiger partial charge in [-0.05, 0) is 36.8 Å². The highest BCUT2D eigenvalue weighted by atomic mass is 19.4. The quantitative estimate of drug-likeness (QED) is 0.854. The molecule has 1 aliphatic carbocycles. The zero-order valence-corrected chi connectivity index (χ0v) is 14.5. The van der Waals surface area contributed by atoms with Crippen LogP contribution in [0.4, 0.5) is 24.8 Å². The van der Waals surface area contributed by atoms with Gasteiger partial charge in [-0.3, -0.25) is 4.98 Å². The van der Waals surface area contributed by atoms with Crippen LogP contribution in [0.1, 0.15) is 18.4 Å². The average Bonchev–Trinajstić information content (AvgIpc) is 3.05. The normalized spacial score (nSPS) is 28.1. The molecule has 6 nitrogen and oxygen atoms in total. The van der Waals surface area contributed by atoms with E-state index >= 15 is 0 Å². The highest BCUT2D eigenvalue weighted by Crippen LogP contribution is 2.39. The fraction of sp³-hybridized carbons (Fsp3) is 0.500. The van der Waals surface area contributed by atoms with Gasteiger partial charge in [-0.1, -0.05) is 0 Å². The van der Waals surface area contributed by atoms with Gasteiger partial charge in [0.15, 0.2) is 0 Å². The van der Waals surface area contributed by atoms with E-state index in [1.165, 1.54) is 6.07 Å². The predicted octanol–water partition coefficient (Wildman–Crippen LogP) is 2.58. The van der Waals surface area contributed by atoms with Gasteiger partial charge in [0.25, 0.3) is 0 Å². The Hall–Kier alpha value is -2.42. The Bertz CT molecular complexity index is 771. The molecule has 4 atom stereocenters. The highest BCUT2D eigenvalue weighted by molar-refractivity contribution is 5.42. The summed E-state index contributed by atoms with van der Waals surface area (Å²) in [6.45, 7) is 1.41. The summed E-state index contributed by atoms with van der Waals surface area (Å²) in [4.78, 5) is 14.2. The van der Waals surface area contributed by atoms with Crippen LogP contribution in [0, 0.1) is 11.8 Å². The van der Waals surface area contributed by atoms with Crippen molar-refractivity contribution < 1.29 is 18.3 Å². The van der Waals surface area contributed by atoms with Crippen molar-refractivity contribution in [3.63, 3.8) is 0 Å². The molecule has 9 heteroatoms. The Morgan fingerprint density at radius 2 is 1.81 bits per heavy atom. The Morgan fingerprint density at radius 3 is 2.44 bits per heavy atom. The van der Waals surface area contributed by atoms with Crippen LogP contribution in [0.15, 0.2) is 36.9 Å². The molecule has 2 aliphatic rings. The summed E-state index contributed by atoms with van der Waals surface area (Å²) < 4.78 is 38.1. The van der Waals surface area contributed by atoms with E-state index < -0.39 is 17.8 Å².